The van der Waals surface area contributed by atoms with Gasteiger partial charge in [0.15, 0.2) is 0 Å². The minimum absolute atomic E-state index is 0.00306. The van der Waals surface area contributed by atoms with Crippen molar-refractivity contribution in [3.63, 3.8) is 0 Å². The molecule has 0 bridgehead atoms. The van der Waals surface area contributed by atoms with Gasteiger partial charge in [-0.15, -0.1) is 0 Å². The summed E-state index contributed by atoms with van der Waals surface area (Å²) in [7, 11) is 0. The molecule has 0 heterocycles. The van der Waals surface area contributed by atoms with Crippen LogP contribution in [0.3, 0.4) is 0 Å². The molecule has 1 aromatic carbocycles. The Bertz CT molecular complexity index is 769. The maximum atomic E-state index is 12.8. The van der Waals surface area contributed by atoms with Crippen molar-refractivity contribution in [3.8, 4) is 0 Å². The third kappa shape index (κ3) is 5.09. The first-order chi connectivity index (χ1) is 13.5. The third-order valence-corrected chi connectivity index (χ3v) is 4.70. The Balaban J connectivity index is 1.80. The first-order valence-electron chi connectivity index (χ1n) is 9.56. The topological polar surface area (TPSA) is 99.8 Å². The zero-order valence-electron chi connectivity index (χ0n) is 15.8. The number of hydrogen-bond acceptors (Lipinski definition) is 5. The zero-order valence-corrected chi connectivity index (χ0v) is 15.8. The average Bonchev–Trinajstić information content (AvgIpc) is 3.62. The molecular formula is C20H26FN5O2. The van der Waals surface area contributed by atoms with Crippen molar-refractivity contribution in [1.29, 1.82) is 0 Å². The monoisotopic (exact) mass is 387 g/mol. The van der Waals surface area contributed by atoms with E-state index in [1.807, 2.05) is 0 Å². The highest BCUT2D eigenvalue weighted by atomic mass is 19.1. The van der Waals surface area contributed by atoms with E-state index in [2.05, 4.69) is 22.5 Å². The van der Waals surface area contributed by atoms with Crippen LogP contribution in [0.15, 0.2) is 40.8 Å². The molecular weight excluding hydrogens is 361 g/mol. The molecule has 150 valence electrons. The normalized spacial score (nSPS) is 16.8. The van der Waals surface area contributed by atoms with Crippen LogP contribution in [0.25, 0.3) is 0 Å². The van der Waals surface area contributed by atoms with Gasteiger partial charge in [-0.1, -0.05) is 0 Å². The fourth-order valence-corrected chi connectivity index (χ4v) is 2.78. The number of hydrogen-bond donors (Lipinski definition) is 3. The summed E-state index contributed by atoms with van der Waals surface area (Å²) < 4.78 is 12.8. The number of benzene rings is 1. The van der Waals surface area contributed by atoms with Crippen LogP contribution in [0.4, 0.5) is 10.1 Å². The Morgan fingerprint density at radius 1 is 1.14 bits per heavy atom. The van der Waals surface area contributed by atoms with E-state index in [-0.39, 0.29) is 42.4 Å². The average molecular weight is 387 g/mol. The van der Waals surface area contributed by atoms with Gasteiger partial charge in [-0.25, -0.2) is 5.01 Å². The van der Waals surface area contributed by atoms with Crippen molar-refractivity contribution in [3.05, 3.63) is 41.2 Å². The molecule has 2 saturated carbocycles. The summed E-state index contributed by atoms with van der Waals surface area (Å²) in [6, 6.07) is 7.20. The number of nitrogens with one attached hydrogen (secondary N) is 2. The van der Waals surface area contributed by atoms with Gasteiger partial charge in [0.25, 0.3) is 11.8 Å². The first-order valence-corrected chi connectivity index (χ1v) is 9.56. The molecule has 0 atom stereocenters. The summed E-state index contributed by atoms with van der Waals surface area (Å²) in [6.07, 6.45) is 4.36. The van der Waals surface area contributed by atoms with Gasteiger partial charge in [-0.3, -0.25) is 14.0 Å². The van der Waals surface area contributed by atoms with Crippen LogP contribution < -0.4 is 21.4 Å². The molecule has 0 saturated heterocycles. The standard InChI is InChI=1S/C20H26FN5O2/c1-23-26(16-10-4-13(5-11-16)19(27)24-14-6-7-14)17(3-2-12-21)18(22)20(28)25-15-8-9-15/h4-5,10-11,14-15H,1-3,6-9,12,22H2,(H,24,27)(H,25,28)/b18-17-. The molecule has 0 spiro atoms. The smallest absolute Gasteiger partial charge is 0.269 e. The van der Waals surface area contributed by atoms with Crippen molar-refractivity contribution in [2.24, 2.45) is 10.8 Å². The Morgan fingerprint density at radius 2 is 1.75 bits per heavy atom. The lowest BCUT2D eigenvalue weighted by atomic mass is 10.1. The molecule has 2 amide bonds. The second-order valence-electron chi connectivity index (χ2n) is 7.15. The first kappa shape index (κ1) is 19.9. The molecule has 4 N–H and O–H groups in total. The van der Waals surface area contributed by atoms with Crippen LogP contribution in [-0.2, 0) is 4.79 Å². The van der Waals surface area contributed by atoms with E-state index in [1.54, 1.807) is 24.3 Å². The molecule has 2 aliphatic rings. The maximum absolute atomic E-state index is 12.8. The lowest BCUT2D eigenvalue weighted by Gasteiger charge is -2.24. The van der Waals surface area contributed by atoms with Crippen molar-refractivity contribution < 1.29 is 14.0 Å². The lowest BCUT2D eigenvalue weighted by Crippen LogP contribution is -2.34. The number of carbonyl (C=O) groups is 2. The SMILES string of the molecule is C=NN(/C(CCCF)=C(\N)C(=O)NC1CC1)c1ccc(C(=O)NC2CC2)cc1. The lowest BCUT2D eigenvalue weighted by molar-refractivity contribution is -0.117. The number of halogens is 1. The van der Waals surface area contributed by atoms with E-state index in [0.717, 1.165) is 25.7 Å². The third-order valence-electron chi connectivity index (χ3n) is 4.70. The number of nitrogens with two attached hydrogens (primary N) is 1. The maximum Gasteiger partial charge on any atom is 0.269 e. The summed E-state index contributed by atoms with van der Waals surface area (Å²) in [6.45, 7) is 3.03. The number of rotatable bonds is 10. The number of nitrogens with zero attached hydrogens (tertiary/aromatic N) is 2. The van der Waals surface area contributed by atoms with Crippen LogP contribution in [-0.4, -0.2) is 37.3 Å². The highest BCUT2D eigenvalue weighted by molar-refractivity contribution is 5.95. The zero-order chi connectivity index (χ0) is 20.1. The minimum atomic E-state index is -0.535. The van der Waals surface area contributed by atoms with Crippen LogP contribution in [0.2, 0.25) is 0 Å². The number of carbonyl (C=O) groups excluding carboxylic acids is 2. The van der Waals surface area contributed by atoms with E-state index in [0.29, 0.717) is 16.9 Å². The van der Waals surface area contributed by atoms with Gasteiger partial charge < -0.3 is 16.4 Å². The van der Waals surface area contributed by atoms with Gasteiger partial charge in [0.05, 0.1) is 18.1 Å². The van der Waals surface area contributed by atoms with E-state index < -0.39 is 6.67 Å². The number of anilines is 1. The van der Waals surface area contributed by atoms with E-state index in [9.17, 15) is 14.0 Å². The van der Waals surface area contributed by atoms with Crippen molar-refractivity contribution in [2.45, 2.75) is 50.6 Å². The largest absolute Gasteiger partial charge is 0.393 e. The van der Waals surface area contributed by atoms with E-state index >= 15 is 0 Å². The van der Waals surface area contributed by atoms with Crippen molar-refractivity contribution >= 4 is 24.2 Å². The highest BCUT2D eigenvalue weighted by Gasteiger charge is 2.27. The van der Waals surface area contributed by atoms with Crippen LogP contribution in [0.1, 0.15) is 48.9 Å². The van der Waals surface area contributed by atoms with Gasteiger partial charge in [0, 0.05) is 24.4 Å². The van der Waals surface area contributed by atoms with Crippen LogP contribution in [0, 0.1) is 0 Å². The van der Waals surface area contributed by atoms with Gasteiger partial charge in [0.1, 0.15) is 5.70 Å². The predicted molar refractivity (Wildman–Crippen MR) is 107 cm³/mol. The summed E-state index contributed by atoms with van der Waals surface area (Å²) in [5.41, 5.74) is 7.60. The Hall–Kier alpha value is -2.90. The predicted octanol–water partition coefficient (Wildman–Crippen LogP) is 2.20. The van der Waals surface area contributed by atoms with E-state index in [4.69, 9.17) is 5.73 Å². The minimum Gasteiger partial charge on any atom is -0.393 e. The molecule has 3 rings (SSSR count). The molecule has 2 aliphatic carbocycles. The fourth-order valence-electron chi connectivity index (χ4n) is 2.78. The molecule has 1 aromatic rings. The second-order valence-corrected chi connectivity index (χ2v) is 7.15. The van der Waals surface area contributed by atoms with Gasteiger partial charge in [-0.05, 0) is 62.8 Å². The van der Waals surface area contributed by atoms with Crippen molar-refractivity contribution in [1.82, 2.24) is 10.6 Å². The Labute approximate surface area is 163 Å². The molecule has 8 heteroatoms. The molecule has 0 unspecified atom stereocenters. The van der Waals surface area contributed by atoms with Gasteiger partial charge in [-0.2, -0.15) is 5.10 Å². The molecule has 7 nitrogen and oxygen atoms in total. The number of allylic oxidation sites excluding steroid dienone is 1. The number of hydrazone groups is 1. The van der Waals surface area contributed by atoms with Gasteiger partial charge >= 0.3 is 0 Å². The molecule has 0 aromatic heterocycles. The summed E-state index contributed by atoms with van der Waals surface area (Å²) in [4.78, 5) is 24.5. The quantitative estimate of drug-likeness (QED) is 0.326. The number of alkyl halides is 1. The Morgan fingerprint density at radius 3 is 2.29 bits per heavy atom. The van der Waals surface area contributed by atoms with E-state index in [1.165, 1.54) is 5.01 Å². The number of amides is 2. The van der Waals surface area contributed by atoms with Crippen molar-refractivity contribution in [2.75, 3.05) is 11.7 Å². The molecule has 0 radical (unpaired) electrons. The highest BCUT2D eigenvalue weighted by Crippen LogP contribution is 2.26. The molecule has 28 heavy (non-hydrogen) atoms. The Kier molecular flexibility index (Phi) is 6.28. The van der Waals surface area contributed by atoms with Crippen LogP contribution >= 0.6 is 0 Å². The summed E-state index contributed by atoms with van der Waals surface area (Å²) in [5, 5.41) is 11.2. The summed E-state index contributed by atoms with van der Waals surface area (Å²) in [5.74, 6) is -0.505. The molecule has 2 fully saturated rings. The van der Waals surface area contributed by atoms with Gasteiger partial charge in [0.2, 0.25) is 0 Å². The fraction of sp³-hybridized carbons (Fsp3) is 0.450. The second kappa shape index (κ2) is 8.86. The molecule has 0 aliphatic heterocycles. The van der Waals surface area contributed by atoms with Crippen LogP contribution in [0.5, 0.6) is 0 Å². The summed E-state index contributed by atoms with van der Waals surface area (Å²) >= 11 is 0.